The van der Waals surface area contributed by atoms with Crippen molar-refractivity contribution in [1.82, 2.24) is 5.32 Å². The molecule has 1 atom stereocenters. The van der Waals surface area contributed by atoms with Crippen LogP contribution in [0.2, 0.25) is 5.02 Å². The van der Waals surface area contributed by atoms with Gasteiger partial charge in [-0.25, -0.2) is 0 Å². The highest BCUT2D eigenvalue weighted by molar-refractivity contribution is 6.30. The highest BCUT2D eigenvalue weighted by Crippen LogP contribution is 2.20. The van der Waals surface area contributed by atoms with Crippen LogP contribution in [0.5, 0.6) is 5.75 Å². The fourth-order valence-electron chi connectivity index (χ4n) is 2.15. The van der Waals surface area contributed by atoms with Gasteiger partial charge in [0.15, 0.2) is 0 Å². The van der Waals surface area contributed by atoms with Gasteiger partial charge in [0.05, 0.1) is 0 Å². The Balaban J connectivity index is 1.95. The van der Waals surface area contributed by atoms with Crippen molar-refractivity contribution in [3.8, 4) is 5.75 Å². The quantitative estimate of drug-likeness (QED) is 0.840. The molecular formula is C17H20ClNO. The van der Waals surface area contributed by atoms with Crippen molar-refractivity contribution in [2.24, 2.45) is 0 Å². The van der Waals surface area contributed by atoms with E-state index in [1.54, 1.807) is 0 Å². The van der Waals surface area contributed by atoms with Crippen LogP contribution in [0, 0.1) is 0 Å². The van der Waals surface area contributed by atoms with E-state index >= 15 is 0 Å². The number of nitrogens with one attached hydrogen (secondary N) is 1. The normalized spacial score (nSPS) is 12.2. The maximum atomic E-state index is 5.86. The Hall–Kier alpha value is -1.51. The number of rotatable bonds is 6. The van der Waals surface area contributed by atoms with E-state index in [0.29, 0.717) is 12.6 Å². The van der Waals surface area contributed by atoms with Crippen LogP contribution >= 0.6 is 11.6 Å². The predicted octanol–water partition coefficient (Wildman–Crippen LogP) is 4.59. The zero-order valence-electron chi connectivity index (χ0n) is 11.9. The second kappa shape index (κ2) is 7.32. The molecule has 0 aliphatic heterocycles. The minimum absolute atomic E-state index is 0.403. The topological polar surface area (TPSA) is 21.3 Å². The lowest BCUT2D eigenvalue weighted by Gasteiger charge is -2.14. The first-order valence-electron chi connectivity index (χ1n) is 6.87. The molecule has 0 fully saturated rings. The van der Waals surface area contributed by atoms with Crippen LogP contribution < -0.4 is 10.1 Å². The lowest BCUT2D eigenvalue weighted by atomic mass is 10.0. The molecule has 0 aliphatic carbocycles. The van der Waals surface area contributed by atoms with Gasteiger partial charge in [0.1, 0.15) is 12.4 Å². The number of halogens is 1. The van der Waals surface area contributed by atoms with E-state index in [2.05, 4.69) is 24.4 Å². The zero-order chi connectivity index (χ0) is 14.4. The van der Waals surface area contributed by atoms with Gasteiger partial charge < -0.3 is 10.1 Å². The molecule has 0 aliphatic rings. The van der Waals surface area contributed by atoms with Gasteiger partial charge >= 0.3 is 0 Å². The molecule has 2 rings (SSSR count). The molecule has 1 N–H and O–H groups in total. The Morgan fingerprint density at radius 1 is 1.05 bits per heavy atom. The van der Waals surface area contributed by atoms with E-state index in [9.17, 15) is 0 Å². The van der Waals surface area contributed by atoms with Crippen LogP contribution in [0.25, 0.3) is 0 Å². The van der Waals surface area contributed by atoms with Crippen LogP contribution in [0.1, 0.15) is 30.5 Å². The monoisotopic (exact) mass is 289 g/mol. The van der Waals surface area contributed by atoms with Gasteiger partial charge in [-0.1, -0.05) is 42.8 Å². The van der Waals surface area contributed by atoms with Gasteiger partial charge in [-0.15, -0.1) is 0 Å². The summed E-state index contributed by atoms with van der Waals surface area (Å²) in [4.78, 5) is 0. The molecule has 0 amide bonds. The summed E-state index contributed by atoms with van der Waals surface area (Å²) >= 11 is 5.86. The Bertz CT molecular complexity index is 518. The van der Waals surface area contributed by atoms with E-state index in [1.165, 1.54) is 5.56 Å². The summed E-state index contributed by atoms with van der Waals surface area (Å²) in [5.74, 6) is 0.884. The van der Waals surface area contributed by atoms with E-state index in [4.69, 9.17) is 16.3 Å². The van der Waals surface area contributed by atoms with E-state index in [0.717, 1.165) is 22.8 Å². The highest BCUT2D eigenvalue weighted by atomic mass is 35.5. The van der Waals surface area contributed by atoms with Gasteiger partial charge in [-0.3, -0.25) is 0 Å². The molecule has 1 unspecified atom stereocenters. The third-order valence-corrected chi connectivity index (χ3v) is 3.61. The largest absolute Gasteiger partial charge is 0.489 e. The van der Waals surface area contributed by atoms with Crippen molar-refractivity contribution < 1.29 is 4.74 Å². The maximum Gasteiger partial charge on any atom is 0.119 e. The molecule has 0 spiro atoms. The van der Waals surface area contributed by atoms with E-state index in [1.807, 2.05) is 43.4 Å². The van der Waals surface area contributed by atoms with Crippen molar-refractivity contribution in [2.45, 2.75) is 26.0 Å². The van der Waals surface area contributed by atoms with Gasteiger partial charge in [0.2, 0.25) is 0 Å². The van der Waals surface area contributed by atoms with E-state index in [-0.39, 0.29) is 0 Å². The van der Waals surface area contributed by atoms with E-state index < -0.39 is 0 Å². The van der Waals surface area contributed by atoms with Crippen molar-refractivity contribution in [2.75, 3.05) is 7.05 Å². The third-order valence-electron chi connectivity index (χ3n) is 3.36. The summed E-state index contributed by atoms with van der Waals surface area (Å²) in [7, 11) is 1.99. The standard InChI is InChI=1S/C17H20ClNO/c1-3-17(19-2)14-6-10-16(11-7-14)20-12-13-4-8-15(18)9-5-13/h4-11,17,19H,3,12H2,1-2H3. The molecule has 0 aromatic heterocycles. The molecule has 2 aromatic rings. The Morgan fingerprint density at radius 2 is 1.70 bits per heavy atom. The van der Waals surface area contributed by atoms with Crippen LogP contribution in [-0.2, 0) is 6.61 Å². The lowest BCUT2D eigenvalue weighted by Crippen LogP contribution is -2.14. The Labute approximate surface area is 125 Å². The molecule has 0 radical (unpaired) electrons. The molecule has 106 valence electrons. The molecule has 2 nitrogen and oxygen atoms in total. The van der Waals surface area contributed by atoms with Crippen molar-refractivity contribution >= 4 is 11.6 Å². The molecular weight excluding hydrogens is 270 g/mol. The smallest absolute Gasteiger partial charge is 0.119 e. The summed E-state index contributed by atoms with van der Waals surface area (Å²) in [6, 6.07) is 16.4. The molecule has 0 saturated carbocycles. The van der Waals surface area contributed by atoms with Crippen molar-refractivity contribution in [3.63, 3.8) is 0 Å². The first kappa shape index (κ1) is 14.9. The van der Waals surface area contributed by atoms with Gasteiger partial charge in [0, 0.05) is 11.1 Å². The van der Waals surface area contributed by atoms with Crippen LogP contribution in [-0.4, -0.2) is 7.05 Å². The van der Waals surface area contributed by atoms with Gasteiger partial charge in [0.25, 0.3) is 0 Å². The Morgan fingerprint density at radius 3 is 2.25 bits per heavy atom. The lowest BCUT2D eigenvalue weighted by molar-refractivity contribution is 0.306. The summed E-state index contributed by atoms with van der Waals surface area (Å²) in [6.07, 6.45) is 1.07. The Kier molecular flexibility index (Phi) is 5.45. The maximum absolute atomic E-state index is 5.86. The minimum atomic E-state index is 0.403. The van der Waals surface area contributed by atoms with Crippen LogP contribution in [0.4, 0.5) is 0 Å². The SMILES string of the molecule is CCC(NC)c1ccc(OCc2ccc(Cl)cc2)cc1. The molecule has 2 aromatic carbocycles. The summed E-state index contributed by atoms with van der Waals surface area (Å²) in [5, 5.41) is 4.04. The number of ether oxygens (including phenoxy) is 1. The summed E-state index contributed by atoms with van der Waals surface area (Å²) < 4.78 is 5.77. The van der Waals surface area contributed by atoms with Crippen molar-refractivity contribution in [1.29, 1.82) is 0 Å². The predicted molar refractivity (Wildman–Crippen MR) is 84.3 cm³/mol. The first-order valence-corrected chi connectivity index (χ1v) is 7.25. The second-order valence-electron chi connectivity index (χ2n) is 4.73. The number of hydrogen-bond donors (Lipinski definition) is 1. The molecule has 3 heteroatoms. The summed E-state index contributed by atoms with van der Waals surface area (Å²) in [6.45, 7) is 2.73. The average molecular weight is 290 g/mol. The van der Waals surface area contributed by atoms with Crippen molar-refractivity contribution in [3.05, 3.63) is 64.7 Å². The second-order valence-corrected chi connectivity index (χ2v) is 5.17. The fraction of sp³-hybridized carbons (Fsp3) is 0.294. The number of hydrogen-bond acceptors (Lipinski definition) is 2. The van der Waals surface area contributed by atoms with Crippen LogP contribution in [0.15, 0.2) is 48.5 Å². The zero-order valence-corrected chi connectivity index (χ0v) is 12.7. The average Bonchev–Trinajstić information content (AvgIpc) is 2.49. The number of benzene rings is 2. The molecule has 0 saturated heterocycles. The fourth-order valence-corrected chi connectivity index (χ4v) is 2.28. The highest BCUT2D eigenvalue weighted by Gasteiger charge is 2.06. The molecule has 0 bridgehead atoms. The van der Waals surface area contributed by atoms with Crippen LogP contribution in [0.3, 0.4) is 0 Å². The molecule has 0 heterocycles. The molecule has 20 heavy (non-hydrogen) atoms. The summed E-state index contributed by atoms with van der Waals surface area (Å²) in [5.41, 5.74) is 2.40. The first-order chi connectivity index (χ1) is 9.72. The third kappa shape index (κ3) is 3.99. The van der Waals surface area contributed by atoms with Gasteiger partial charge in [-0.05, 0) is 48.9 Å². The van der Waals surface area contributed by atoms with Gasteiger partial charge in [-0.2, -0.15) is 0 Å². The minimum Gasteiger partial charge on any atom is -0.489 e.